The zero-order chi connectivity index (χ0) is 25.8. The van der Waals surface area contributed by atoms with Crippen molar-refractivity contribution in [3.63, 3.8) is 0 Å². The first-order valence-corrected chi connectivity index (χ1v) is 11.3. The highest BCUT2D eigenvalue weighted by molar-refractivity contribution is 5.90. The summed E-state index contributed by atoms with van der Waals surface area (Å²) in [5.41, 5.74) is -0.351. The van der Waals surface area contributed by atoms with Crippen LogP contribution in [0.4, 0.5) is 10.6 Å². The number of hydrogen-bond acceptors (Lipinski definition) is 7. The monoisotopic (exact) mass is 487 g/mol. The van der Waals surface area contributed by atoms with Crippen LogP contribution in [0.15, 0.2) is 47.4 Å². The van der Waals surface area contributed by atoms with E-state index in [1.54, 1.807) is 27.7 Å². The Kier molecular flexibility index (Phi) is 10.4. The molecule has 0 unspecified atom stereocenters. The number of carbonyl (C=O) groups is 3. The second-order valence-electron chi connectivity index (χ2n) is 8.65. The van der Waals surface area contributed by atoms with E-state index in [0.29, 0.717) is 6.54 Å². The van der Waals surface area contributed by atoms with Gasteiger partial charge in [0.1, 0.15) is 24.6 Å². The number of rotatable bonds is 11. The smallest absolute Gasteiger partial charge is 0.407 e. The van der Waals surface area contributed by atoms with Crippen molar-refractivity contribution in [1.29, 1.82) is 0 Å². The van der Waals surface area contributed by atoms with Crippen LogP contribution in [-0.2, 0) is 32.2 Å². The Labute approximate surface area is 204 Å². The Hall–Kier alpha value is -3.73. The zero-order valence-electron chi connectivity index (χ0n) is 20.6. The third kappa shape index (κ3) is 10.4. The summed E-state index contributed by atoms with van der Waals surface area (Å²) in [5.74, 6) is -0.689. The SMILES string of the molecule is CCN(CCNC(=O)OC(C)(C)C)C(=O)Cn1ccc(NC(=O)COCc2ccccc2)nc1=O. The number of anilines is 1. The van der Waals surface area contributed by atoms with Gasteiger partial charge in [0.2, 0.25) is 5.91 Å². The number of nitrogens with one attached hydrogen (secondary N) is 2. The van der Waals surface area contributed by atoms with E-state index in [0.717, 1.165) is 10.1 Å². The number of hydrogen-bond donors (Lipinski definition) is 2. The van der Waals surface area contributed by atoms with Gasteiger partial charge in [-0.3, -0.25) is 14.2 Å². The second kappa shape index (κ2) is 13.2. The summed E-state index contributed by atoms with van der Waals surface area (Å²) in [5, 5.41) is 5.10. The molecule has 0 saturated heterocycles. The van der Waals surface area contributed by atoms with Crippen molar-refractivity contribution < 1.29 is 23.9 Å². The van der Waals surface area contributed by atoms with Crippen molar-refractivity contribution in [2.75, 3.05) is 31.6 Å². The number of amides is 3. The van der Waals surface area contributed by atoms with Gasteiger partial charge in [-0.15, -0.1) is 0 Å². The fourth-order valence-corrected chi connectivity index (χ4v) is 2.95. The maximum atomic E-state index is 12.6. The van der Waals surface area contributed by atoms with Crippen LogP contribution < -0.4 is 16.3 Å². The molecule has 0 radical (unpaired) electrons. The predicted octanol–water partition coefficient (Wildman–Crippen LogP) is 1.77. The van der Waals surface area contributed by atoms with Crippen molar-refractivity contribution in [3.8, 4) is 0 Å². The lowest BCUT2D eigenvalue weighted by atomic mass is 10.2. The standard InChI is InChI=1S/C24H33N5O6/c1-5-28(14-12-25-23(33)35-24(2,3)4)21(31)15-29-13-11-19(27-22(29)32)26-20(30)17-34-16-18-9-7-6-8-10-18/h6-11,13H,5,12,14-17H2,1-4H3,(H,25,33)(H,26,27,30,32). The third-order valence-electron chi connectivity index (χ3n) is 4.58. The summed E-state index contributed by atoms with van der Waals surface area (Å²) < 4.78 is 11.7. The van der Waals surface area contributed by atoms with Crippen LogP contribution >= 0.6 is 0 Å². The molecular weight excluding hydrogens is 454 g/mol. The molecule has 0 aliphatic carbocycles. The molecule has 1 aromatic carbocycles. The fraction of sp³-hybridized carbons (Fsp3) is 0.458. The van der Waals surface area contributed by atoms with E-state index in [9.17, 15) is 19.2 Å². The molecule has 1 heterocycles. The lowest BCUT2D eigenvalue weighted by Gasteiger charge is -2.23. The molecule has 0 bridgehead atoms. The largest absolute Gasteiger partial charge is 0.444 e. The summed E-state index contributed by atoms with van der Waals surface area (Å²) in [6.45, 7) is 7.81. The maximum Gasteiger partial charge on any atom is 0.407 e. The predicted molar refractivity (Wildman–Crippen MR) is 130 cm³/mol. The highest BCUT2D eigenvalue weighted by Gasteiger charge is 2.17. The number of carbonyl (C=O) groups excluding carboxylic acids is 3. The first kappa shape index (κ1) is 27.5. The third-order valence-corrected chi connectivity index (χ3v) is 4.58. The molecule has 0 fully saturated rings. The van der Waals surface area contributed by atoms with Crippen LogP contribution in [0, 0.1) is 0 Å². The number of likely N-dealkylation sites (N-methyl/N-ethyl adjacent to an activating group) is 1. The molecule has 11 nitrogen and oxygen atoms in total. The molecule has 11 heteroatoms. The number of nitrogens with zero attached hydrogens (tertiary/aromatic N) is 3. The Balaban J connectivity index is 1.81. The second-order valence-corrected chi connectivity index (χ2v) is 8.65. The molecule has 2 rings (SSSR count). The van der Waals surface area contributed by atoms with Gasteiger partial charge < -0.3 is 25.0 Å². The van der Waals surface area contributed by atoms with Gasteiger partial charge >= 0.3 is 11.8 Å². The van der Waals surface area contributed by atoms with Gasteiger partial charge in [0.25, 0.3) is 5.91 Å². The topological polar surface area (TPSA) is 132 Å². The zero-order valence-corrected chi connectivity index (χ0v) is 20.6. The normalized spacial score (nSPS) is 11.0. The molecule has 0 aliphatic rings. The van der Waals surface area contributed by atoms with Crippen LogP contribution in [0.1, 0.15) is 33.3 Å². The van der Waals surface area contributed by atoms with Crippen LogP contribution in [0.25, 0.3) is 0 Å². The van der Waals surface area contributed by atoms with Crippen molar-refractivity contribution in [1.82, 2.24) is 19.8 Å². The van der Waals surface area contributed by atoms with Crippen LogP contribution in [0.5, 0.6) is 0 Å². The van der Waals surface area contributed by atoms with Gasteiger partial charge in [-0.2, -0.15) is 4.98 Å². The van der Waals surface area contributed by atoms with Crippen molar-refractivity contribution in [2.45, 2.75) is 46.4 Å². The molecule has 190 valence electrons. The number of alkyl carbamates (subject to hydrolysis) is 1. The van der Waals surface area contributed by atoms with Gasteiger partial charge in [-0.1, -0.05) is 30.3 Å². The maximum absolute atomic E-state index is 12.6. The molecule has 0 saturated carbocycles. The summed E-state index contributed by atoms with van der Waals surface area (Å²) in [7, 11) is 0. The van der Waals surface area contributed by atoms with E-state index in [2.05, 4.69) is 15.6 Å². The molecule has 3 amide bonds. The molecule has 35 heavy (non-hydrogen) atoms. The molecule has 0 aliphatic heterocycles. The van der Waals surface area contributed by atoms with Gasteiger partial charge in [-0.05, 0) is 39.3 Å². The van der Waals surface area contributed by atoms with Crippen molar-refractivity contribution >= 4 is 23.7 Å². The molecule has 0 atom stereocenters. The van der Waals surface area contributed by atoms with E-state index in [1.807, 2.05) is 30.3 Å². The minimum absolute atomic E-state index is 0.0703. The number of ether oxygens (including phenoxy) is 2. The van der Waals surface area contributed by atoms with Crippen molar-refractivity contribution in [2.24, 2.45) is 0 Å². The number of aromatic nitrogens is 2. The minimum atomic E-state index is -0.677. The van der Waals surface area contributed by atoms with Crippen molar-refractivity contribution in [3.05, 3.63) is 58.6 Å². The van der Waals surface area contributed by atoms with Gasteiger partial charge in [-0.25, -0.2) is 9.59 Å². The van der Waals surface area contributed by atoms with E-state index < -0.39 is 23.3 Å². The van der Waals surface area contributed by atoms with Gasteiger partial charge in [0.15, 0.2) is 0 Å². The summed E-state index contributed by atoms with van der Waals surface area (Å²) in [6.07, 6.45) is 0.824. The fourth-order valence-electron chi connectivity index (χ4n) is 2.95. The van der Waals surface area contributed by atoms with Gasteiger partial charge in [0.05, 0.1) is 6.61 Å². The molecule has 0 spiro atoms. The lowest BCUT2D eigenvalue weighted by molar-refractivity contribution is -0.131. The van der Waals surface area contributed by atoms with Crippen LogP contribution in [0.3, 0.4) is 0 Å². The molecule has 2 aromatic rings. The van der Waals surface area contributed by atoms with Gasteiger partial charge in [0, 0.05) is 25.8 Å². The summed E-state index contributed by atoms with van der Waals surface area (Å²) >= 11 is 0. The molecule has 1 aromatic heterocycles. The van der Waals surface area contributed by atoms with E-state index in [-0.39, 0.29) is 44.6 Å². The Morgan fingerprint density at radius 3 is 2.46 bits per heavy atom. The minimum Gasteiger partial charge on any atom is -0.444 e. The van der Waals surface area contributed by atoms with Crippen LogP contribution in [0.2, 0.25) is 0 Å². The summed E-state index contributed by atoms with van der Waals surface area (Å²) in [6, 6.07) is 10.9. The average molecular weight is 488 g/mol. The Morgan fingerprint density at radius 2 is 1.83 bits per heavy atom. The number of benzene rings is 1. The highest BCUT2D eigenvalue weighted by atomic mass is 16.6. The van der Waals surface area contributed by atoms with E-state index >= 15 is 0 Å². The molecule has 2 N–H and O–H groups in total. The Morgan fingerprint density at radius 1 is 1.11 bits per heavy atom. The summed E-state index contributed by atoms with van der Waals surface area (Å²) in [4.78, 5) is 54.0. The van der Waals surface area contributed by atoms with E-state index in [1.165, 1.54) is 17.2 Å². The highest BCUT2D eigenvalue weighted by Crippen LogP contribution is 2.06. The molecular formula is C24H33N5O6. The van der Waals surface area contributed by atoms with Crippen LogP contribution in [-0.4, -0.2) is 64.2 Å². The van der Waals surface area contributed by atoms with E-state index in [4.69, 9.17) is 9.47 Å². The first-order valence-electron chi connectivity index (χ1n) is 11.3. The average Bonchev–Trinajstić information content (AvgIpc) is 2.78. The quantitative estimate of drug-likeness (QED) is 0.494. The Bertz CT molecular complexity index is 1050. The first-order chi connectivity index (χ1) is 16.6. The lowest BCUT2D eigenvalue weighted by Crippen LogP contribution is -2.42.